The Morgan fingerprint density at radius 1 is 1.13 bits per heavy atom. The van der Waals surface area contributed by atoms with Crippen LogP contribution in [0.4, 0.5) is 11.5 Å². The van der Waals surface area contributed by atoms with Crippen molar-refractivity contribution in [3.8, 4) is 5.75 Å². The van der Waals surface area contributed by atoms with Crippen LogP contribution in [0, 0.1) is 6.92 Å². The summed E-state index contributed by atoms with van der Waals surface area (Å²) in [5, 5.41) is 9.21. The van der Waals surface area contributed by atoms with E-state index in [2.05, 4.69) is 25.9 Å². The Kier molecular flexibility index (Phi) is 13.2. The van der Waals surface area contributed by atoms with Crippen LogP contribution in [0.25, 0.3) is 0 Å². The number of carbonyl (C=O) groups is 1. The highest BCUT2D eigenvalue weighted by Crippen LogP contribution is 2.17. The molecular weight excluding hydrogens is 509 g/mol. The van der Waals surface area contributed by atoms with E-state index in [1.165, 1.54) is 0 Å². The van der Waals surface area contributed by atoms with Crippen LogP contribution in [0.2, 0.25) is 0 Å². The van der Waals surface area contributed by atoms with E-state index in [9.17, 15) is 4.79 Å². The van der Waals surface area contributed by atoms with Crippen LogP contribution in [-0.4, -0.2) is 50.3 Å². The first-order chi connectivity index (χ1) is 14.6. The normalized spacial score (nSPS) is 10.7. The van der Waals surface area contributed by atoms with Crippen molar-refractivity contribution in [2.24, 2.45) is 4.99 Å². The van der Waals surface area contributed by atoms with Crippen LogP contribution in [0.1, 0.15) is 25.5 Å². The zero-order valence-corrected chi connectivity index (χ0v) is 20.6. The number of aliphatic imine (C=N–C) groups is 1. The first-order valence-electron chi connectivity index (χ1n) is 10.1. The van der Waals surface area contributed by atoms with Gasteiger partial charge in [-0.1, -0.05) is 12.1 Å². The third kappa shape index (κ3) is 11.0. The second kappa shape index (κ2) is 15.4. The average molecular weight is 541 g/mol. The van der Waals surface area contributed by atoms with E-state index in [0.717, 1.165) is 23.6 Å². The number of anilines is 2. The molecule has 170 valence electrons. The topological polar surface area (TPSA) is 96.9 Å². The molecule has 0 saturated carbocycles. The van der Waals surface area contributed by atoms with Gasteiger partial charge >= 0.3 is 0 Å². The maximum absolute atomic E-state index is 12.1. The highest BCUT2D eigenvalue weighted by molar-refractivity contribution is 14.0. The second-order valence-corrected chi connectivity index (χ2v) is 6.57. The standard InChI is InChI=1S/C22H31N5O3.HI/c1-4-23-22(24-13-12-21(28)27-20-11-5-8-17(2)25-20)26-18-9-6-10-19(16-18)30-15-7-14-29-3;/h5-6,8-11,16H,4,7,12-15H2,1-3H3,(H2,23,24,26)(H,25,27,28);1H. The summed E-state index contributed by atoms with van der Waals surface area (Å²) >= 11 is 0. The Morgan fingerprint density at radius 3 is 2.68 bits per heavy atom. The Balaban J connectivity index is 0.00000480. The van der Waals surface area contributed by atoms with E-state index in [4.69, 9.17) is 9.47 Å². The highest BCUT2D eigenvalue weighted by Gasteiger charge is 2.05. The van der Waals surface area contributed by atoms with E-state index < -0.39 is 0 Å². The van der Waals surface area contributed by atoms with Crippen LogP contribution in [-0.2, 0) is 9.53 Å². The highest BCUT2D eigenvalue weighted by atomic mass is 127. The van der Waals surface area contributed by atoms with Gasteiger partial charge in [-0.15, -0.1) is 24.0 Å². The molecule has 0 aliphatic rings. The number of nitrogens with one attached hydrogen (secondary N) is 3. The molecule has 0 aliphatic heterocycles. The van der Waals surface area contributed by atoms with Crippen molar-refractivity contribution >= 4 is 47.3 Å². The quantitative estimate of drug-likeness (QED) is 0.173. The molecule has 1 aromatic carbocycles. The monoisotopic (exact) mass is 541 g/mol. The van der Waals surface area contributed by atoms with Crippen LogP contribution in [0.15, 0.2) is 47.5 Å². The molecule has 1 amide bonds. The summed E-state index contributed by atoms with van der Waals surface area (Å²) in [5.41, 5.74) is 1.71. The molecule has 31 heavy (non-hydrogen) atoms. The summed E-state index contributed by atoms with van der Waals surface area (Å²) in [4.78, 5) is 20.9. The number of hydrogen-bond donors (Lipinski definition) is 3. The van der Waals surface area contributed by atoms with Crippen molar-refractivity contribution in [2.45, 2.75) is 26.7 Å². The maximum Gasteiger partial charge on any atom is 0.227 e. The predicted molar refractivity (Wildman–Crippen MR) is 136 cm³/mol. The predicted octanol–water partition coefficient (Wildman–Crippen LogP) is 3.83. The second-order valence-electron chi connectivity index (χ2n) is 6.57. The van der Waals surface area contributed by atoms with Crippen LogP contribution >= 0.6 is 24.0 Å². The van der Waals surface area contributed by atoms with Crippen molar-refractivity contribution in [2.75, 3.05) is 44.0 Å². The van der Waals surface area contributed by atoms with Gasteiger partial charge in [-0.2, -0.15) is 0 Å². The molecule has 2 aromatic rings. The number of aryl methyl sites for hydroxylation is 1. The van der Waals surface area contributed by atoms with Gasteiger partial charge in [-0.3, -0.25) is 9.79 Å². The molecule has 1 heterocycles. The molecular formula is C22H32IN5O3. The maximum atomic E-state index is 12.1. The Bertz CT molecular complexity index is 832. The molecule has 2 rings (SSSR count). The number of guanidine groups is 1. The fourth-order valence-electron chi connectivity index (χ4n) is 2.59. The largest absolute Gasteiger partial charge is 0.493 e. The molecule has 0 aliphatic carbocycles. The summed E-state index contributed by atoms with van der Waals surface area (Å²) in [6, 6.07) is 13.2. The number of amides is 1. The summed E-state index contributed by atoms with van der Waals surface area (Å²) in [6.07, 6.45) is 1.09. The molecule has 0 fully saturated rings. The fraction of sp³-hybridized carbons (Fsp3) is 0.409. The minimum atomic E-state index is -0.126. The number of benzene rings is 1. The lowest BCUT2D eigenvalue weighted by Crippen LogP contribution is -2.31. The zero-order valence-electron chi connectivity index (χ0n) is 18.3. The van der Waals surface area contributed by atoms with Crippen molar-refractivity contribution in [1.82, 2.24) is 10.3 Å². The van der Waals surface area contributed by atoms with Gasteiger partial charge in [0.2, 0.25) is 5.91 Å². The smallest absolute Gasteiger partial charge is 0.227 e. The summed E-state index contributed by atoms with van der Waals surface area (Å²) < 4.78 is 10.8. The third-order valence-corrected chi connectivity index (χ3v) is 3.97. The van der Waals surface area contributed by atoms with Crippen LogP contribution in [0.3, 0.4) is 0 Å². The van der Waals surface area contributed by atoms with E-state index in [0.29, 0.717) is 38.1 Å². The molecule has 8 nitrogen and oxygen atoms in total. The first-order valence-corrected chi connectivity index (χ1v) is 10.1. The van der Waals surface area contributed by atoms with E-state index in [-0.39, 0.29) is 36.3 Å². The van der Waals surface area contributed by atoms with Crippen LogP contribution < -0.4 is 20.7 Å². The molecule has 0 radical (unpaired) electrons. The lowest BCUT2D eigenvalue weighted by Gasteiger charge is -2.13. The number of halogens is 1. The molecule has 0 unspecified atom stereocenters. The Labute approximate surface area is 201 Å². The molecule has 9 heteroatoms. The van der Waals surface area contributed by atoms with Gasteiger partial charge in [0, 0.05) is 50.6 Å². The minimum absolute atomic E-state index is 0. The lowest BCUT2D eigenvalue weighted by atomic mass is 10.3. The number of pyridine rings is 1. The van der Waals surface area contributed by atoms with Crippen molar-refractivity contribution in [1.29, 1.82) is 0 Å². The first kappa shape index (κ1) is 26.6. The SMILES string of the molecule is CCNC(=NCCC(=O)Nc1cccc(C)n1)Nc1cccc(OCCCOC)c1.I. The van der Waals surface area contributed by atoms with Crippen LogP contribution in [0.5, 0.6) is 5.75 Å². The van der Waals surface area contributed by atoms with Crippen molar-refractivity contribution in [3.63, 3.8) is 0 Å². The minimum Gasteiger partial charge on any atom is -0.493 e. The molecule has 0 bridgehead atoms. The third-order valence-electron chi connectivity index (χ3n) is 3.97. The summed E-state index contributed by atoms with van der Waals surface area (Å²) in [6.45, 7) is 6.19. The van der Waals surface area contributed by atoms with E-state index >= 15 is 0 Å². The van der Waals surface area contributed by atoms with Gasteiger partial charge in [-0.05, 0) is 38.1 Å². The number of hydrogen-bond acceptors (Lipinski definition) is 5. The molecule has 0 spiro atoms. The fourth-order valence-corrected chi connectivity index (χ4v) is 2.59. The number of rotatable bonds is 11. The molecule has 3 N–H and O–H groups in total. The number of nitrogens with zero attached hydrogens (tertiary/aromatic N) is 2. The average Bonchev–Trinajstić information content (AvgIpc) is 2.72. The molecule has 0 saturated heterocycles. The van der Waals surface area contributed by atoms with Gasteiger partial charge in [0.1, 0.15) is 11.6 Å². The Hall–Kier alpha value is -2.40. The van der Waals surface area contributed by atoms with Gasteiger partial charge in [0.15, 0.2) is 5.96 Å². The van der Waals surface area contributed by atoms with Gasteiger partial charge in [0.05, 0.1) is 13.2 Å². The summed E-state index contributed by atoms with van der Waals surface area (Å²) in [7, 11) is 1.68. The Morgan fingerprint density at radius 2 is 1.94 bits per heavy atom. The van der Waals surface area contributed by atoms with Gasteiger partial charge in [-0.25, -0.2) is 4.98 Å². The van der Waals surface area contributed by atoms with Crippen molar-refractivity contribution in [3.05, 3.63) is 48.2 Å². The van der Waals surface area contributed by atoms with Gasteiger partial charge < -0.3 is 25.4 Å². The number of aromatic nitrogens is 1. The van der Waals surface area contributed by atoms with Gasteiger partial charge in [0.25, 0.3) is 0 Å². The number of methoxy groups -OCH3 is 1. The number of ether oxygens (including phenoxy) is 2. The van der Waals surface area contributed by atoms with E-state index in [1.807, 2.05) is 50.2 Å². The number of carbonyl (C=O) groups excluding carboxylic acids is 1. The van der Waals surface area contributed by atoms with Crippen molar-refractivity contribution < 1.29 is 14.3 Å². The zero-order chi connectivity index (χ0) is 21.6. The van der Waals surface area contributed by atoms with E-state index in [1.54, 1.807) is 13.2 Å². The molecule has 1 aromatic heterocycles. The lowest BCUT2D eigenvalue weighted by molar-refractivity contribution is -0.116. The summed E-state index contributed by atoms with van der Waals surface area (Å²) in [5.74, 6) is 1.81. The molecule has 0 atom stereocenters.